The lowest BCUT2D eigenvalue weighted by atomic mass is 10.4. The zero-order chi connectivity index (χ0) is 11.5. The molecule has 0 spiro atoms. The van der Waals surface area contributed by atoms with E-state index in [9.17, 15) is 0 Å². The number of hydrogen-bond acceptors (Lipinski definition) is 4. The number of pyridine rings is 1. The molecule has 2 rings (SSSR count). The molecule has 5 nitrogen and oxygen atoms in total. The van der Waals surface area contributed by atoms with Crippen molar-refractivity contribution in [3.8, 4) is 0 Å². The van der Waals surface area contributed by atoms with Crippen LogP contribution in [0, 0.1) is 6.92 Å². The van der Waals surface area contributed by atoms with Crippen molar-refractivity contribution in [2.24, 2.45) is 7.05 Å². The second-order valence-corrected chi connectivity index (χ2v) is 3.58. The maximum absolute atomic E-state index is 4.38. The van der Waals surface area contributed by atoms with Crippen LogP contribution < -0.4 is 10.6 Å². The normalized spacial score (nSPS) is 10.2. The molecule has 5 heteroatoms. The zero-order valence-corrected chi connectivity index (χ0v) is 9.65. The quantitative estimate of drug-likeness (QED) is 0.824. The Kier molecular flexibility index (Phi) is 2.76. The summed E-state index contributed by atoms with van der Waals surface area (Å²) in [6.45, 7) is 1.96. The summed E-state index contributed by atoms with van der Waals surface area (Å²) in [7, 11) is 3.75. The molecule has 2 aromatic rings. The molecule has 0 saturated carbocycles. The van der Waals surface area contributed by atoms with Crippen LogP contribution in [0.5, 0.6) is 0 Å². The van der Waals surface area contributed by atoms with Crippen molar-refractivity contribution in [3.63, 3.8) is 0 Å². The second-order valence-electron chi connectivity index (χ2n) is 3.58. The van der Waals surface area contributed by atoms with Crippen LogP contribution >= 0.6 is 0 Å². The molecule has 0 aromatic carbocycles. The van der Waals surface area contributed by atoms with Crippen LogP contribution in [-0.4, -0.2) is 21.8 Å². The van der Waals surface area contributed by atoms with Gasteiger partial charge in [-0.2, -0.15) is 5.10 Å². The largest absolute Gasteiger partial charge is 0.373 e. The number of hydrogen-bond donors (Lipinski definition) is 2. The first-order valence-electron chi connectivity index (χ1n) is 5.11. The average Bonchev–Trinajstić information content (AvgIpc) is 2.58. The molecule has 0 saturated heterocycles. The van der Waals surface area contributed by atoms with Gasteiger partial charge in [0, 0.05) is 20.3 Å². The third kappa shape index (κ3) is 2.13. The van der Waals surface area contributed by atoms with Gasteiger partial charge in [-0.15, -0.1) is 0 Å². The van der Waals surface area contributed by atoms with Crippen LogP contribution in [0.25, 0.3) is 0 Å². The van der Waals surface area contributed by atoms with E-state index < -0.39 is 0 Å². The van der Waals surface area contributed by atoms with Gasteiger partial charge in [0.2, 0.25) is 0 Å². The molecular formula is C11H15N5. The molecule has 0 radical (unpaired) electrons. The van der Waals surface area contributed by atoms with Crippen molar-refractivity contribution in [3.05, 3.63) is 30.1 Å². The van der Waals surface area contributed by atoms with Crippen LogP contribution in [-0.2, 0) is 7.05 Å². The van der Waals surface area contributed by atoms with Crippen molar-refractivity contribution in [2.75, 3.05) is 17.7 Å². The smallest absolute Gasteiger partial charge is 0.132 e. The van der Waals surface area contributed by atoms with E-state index in [1.165, 1.54) is 0 Å². The van der Waals surface area contributed by atoms with Crippen LogP contribution in [0.1, 0.15) is 5.69 Å². The van der Waals surface area contributed by atoms with E-state index in [0.717, 1.165) is 23.0 Å². The summed E-state index contributed by atoms with van der Waals surface area (Å²) >= 11 is 0. The molecule has 0 aliphatic heterocycles. The van der Waals surface area contributed by atoms with Crippen molar-refractivity contribution >= 4 is 17.3 Å². The van der Waals surface area contributed by atoms with Crippen LogP contribution in [0.15, 0.2) is 24.4 Å². The molecule has 16 heavy (non-hydrogen) atoms. The van der Waals surface area contributed by atoms with Gasteiger partial charge in [0.05, 0.1) is 11.4 Å². The fourth-order valence-corrected chi connectivity index (χ4v) is 1.50. The summed E-state index contributed by atoms with van der Waals surface area (Å²) in [5, 5.41) is 10.5. The van der Waals surface area contributed by atoms with Crippen molar-refractivity contribution in [2.45, 2.75) is 6.92 Å². The van der Waals surface area contributed by atoms with Gasteiger partial charge in [0.15, 0.2) is 0 Å². The summed E-state index contributed by atoms with van der Waals surface area (Å²) in [5.41, 5.74) is 1.93. The van der Waals surface area contributed by atoms with E-state index in [4.69, 9.17) is 0 Å². The zero-order valence-electron chi connectivity index (χ0n) is 9.65. The molecule has 0 unspecified atom stereocenters. The van der Waals surface area contributed by atoms with Crippen molar-refractivity contribution < 1.29 is 0 Å². The second kappa shape index (κ2) is 4.22. The molecule has 84 valence electrons. The minimum atomic E-state index is 0.808. The van der Waals surface area contributed by atoms with E-state index in [0.29, 0.717) is 0 Å². The Hall–Kier alpha value is -2.04. The van der Waals surface area contributed by atoms with E-state index in [-0.39, 0.29) is 0 Å². The Morgan fingerprint density at radius 3 is 2.62 bits per heavy atom. The van der Waals surface area contributed by atoms with Crippen molar-refractivity contribution in [1.82, 2.24) is 14.8 Å². The van der Waals surface area contributed by atoms with Gasteiger partial charge in [-0.05, 0) is 19.1 Å². The minimum absolute atomic E-state index is 0.808. The summed E-state index contributed by atoms with van der Waals surface area (Å²) in [4.78, 5) is 4.38. The fourth-order valence-electron chi connectivity index (χ4n) is 1.50. The average molecular weight is 217 g/mol. The lowest BCUT2D eigenvalue weighted by Gasteiger charge is -2.05. The maximum Gasteiger partial charge on any atom is 0.132 e. The highest BCUT2D eigenvalue weighted by Crippen LogP contribution is 2.18. The van der Waals surface area contributed by atoms with Gasteiger partial charge in [-0.1, -0.05) is 6.07 Å². The van der Waals surface area contributed by atoms with E-state index in [1.54, 1.807) is 4.68 Å². The van der Waals surface area contributed by atoms with Gasteiger partial charge in [0.25, 0.3) is 0 Å². The summed E-state index contributed by atoms with van der Waals surface area (Å²) in [6, 6.07) is 5.79. The number of anilines is 3. The molecule has 0 aliphatic carbocycles. The Balaban J connectivity index is 2.23. The van der Waals surface area contributed by atoms with Gasteiger partial charge >= 0.3 is 0 Å². The highest BCUT2D eigenvalue weighted by atomic mass is 15.3. The third-order valence-electron chi connectivity index (χ3n) is 2.28. The minimum Gasteiger partial charge on any atom is -0.373 e. The van der Waals surface area contributed by atoms with Gasteiger partial charge < -0.3 is 10.6 Å². The van der Waals surface area contributed by atoms with Gasteiger partial charge in [0.1, 0.15) is 11.6 Å². The number of aromatic nitrogens is 3. The van der Waals surface area contributed by atoms with E-state index >= 15 is 0 Å². The molecule has 0 bridgehead atoms. The Labute approximate surface area is 94.5 Å². The van der Waals surface area contributed by atoms with Gasteiger partial charge in [-0.3, -0.25) is 4.68 Å². The molecule has 0 atom stereocenters. The number of nitrogens with zero attached hydrogens (tertiary/aromatic N) is 3. The molecule has 0 fully saturated rings. The first-order chi connectivity index (χ1) is 7.69. The predicted octanol–water partition coefficient (Wildman–Crippen LogP) is 1.91. The highest BCUT2D eigenvalue weighted by molar-refractivity contribution is 5.59. The third-order valence-corrected chi connectivity index (χ3v) is 2.28. The standard InChI is InChI=1S/C11H15N5/c1-8-9(7-16(3)15-8)13-11-6-4-5-10(12-2)14-11/h4-7H,1-3H3,(H2,12,13,14). The number of aryl methyl sites for hydroxylation is 2. The van der Waals surface area contributed by atoms with Gasteiger partial charge in [-0.25, -0.2) is 4.98 Å². The lowest BCUT2D eigenvalue weighted by molar-refractivity contribution is 0.756. The first-order valence-corrected chi connectivity index (χ1v) is 5.11. The molecule has 2 aromatic heterocycles. The topological polar surface area (TPSA) is 54.8 Å². The Bertz CT molecular complexity index is 489. The fraction of sp³-hybridized carbons (Fsp3) is 0.273. The SMILES string of the molecule is CNc1cccc(Nc2cn(C)nc2C)n1. The maximum atomic E-state index is 4.38. The Morgan fingerprint density at radius 2 is 2.00 bits per heavy atom. The molecule has 0 amide bonds. The number of rotatable bonds is 3. The van der Waals surface area contributed by atoms with E-state index in [1.807, 2.05) is 45.4 Å². The first kappa shape index (κ1) is 10.5. The molecule has 2 heterocycles. The van der Waals surface area contributed by atoms with Crippen LogP contribution in [0.2, 0.25) is 0 Å². The lowest BCUT2D eigenvalue weighted by Crippen LogP contribution is -1.97. The summed E-state index contributed by atoms with van der Waals surface area (Å²) < 4.78 is 1.78. The molecule has 0 aliphatic rings. The predicted molar refractivity (Wildman–Crippen MR) is 65.0 cm³/mol. The molecular weight excluding hydrogens is 202 g/mol. The van der Waals surface area contributed by atoms with Crippen LogP contribution in [0.3, 0.4) is 0 Å². The highest BCUT2D eigenvalue weighted by Gasteiger charge is 2.03. The van der Waals surface area contributed by atoms with Crippen LogP contribution in [0.4, 0.5) is 17.3 Å². The summed E-state index contributed by atoms with van der Waals surface area (Å²) in [5.74, 6) is 1.65. The molecule has 2 N–H and O–H groups in total. The Morgan fingerprint density at radius 1 is 1.25 bits per heavy atom. The summed E-state index contributed by atoms with van der Waals surface area (Å²) in [6.07, 6.45) is 1.93. The monoisotopic (exact) mass is 217 g/mol. The number of nitrogens with one attached hydrogen (secondary N) is 2. The van der Waals surface area contributed by atoms with Crippen molar-refractivity contribution in [1.29, 1.82) is 0 Å². The van der Waals surface area contributed by atoms with E-state index in [2.05, 4.69) is 20.7 Å².